The van der Waals surface area contributed by atoms with Gasteiger partial charge in [-0.2, -0.15) is 4.98 Å². The lowest BCUT2D eigenvalue weighted by Crippen LogP contribution is -2.49. The lowest BCUT2D eigenvalue weighted by Gasteiger charge is -2.39. The van der Waals surface area contributed by atoms with Crippen LogP contribution in [0.25, 0.3) is 22.8 Å². The number of nitrogens with zero attached hydrogens (tertiary/aromatic N) is 3. The summed E-state index contributed by atoms with van der Waals surface area (Å²) in [5, 5.41) is 13.7. The topological polar surface area (TPSA) is 107 Å². The Hall–Kier alpha value is -3.14. The third-order valence-electron chi connectivity index (χ3n) is 6.06. The molecule has 0 bridgehead atoms. The third kappa shape index (κ3) is 6.34. The molecule has 0 amide bonds. The maximum atomic E-state index is 11.1. The zero-order valence-corrected chi connectivity index (χ0v) is 21.3. The highest BCUT2D eigenvalue weighted by Crippen LogP contribution is 2.32. The number of likely N-dealkylation sites (tertiary alicyclic amines) is 1. The highest BCUT2D eigenvalue weighted by atomic mass is 35.5. The van der Waals surface area contributed by atoms with Crippen molar-refractivity contribution in [3.63, 3.8) is 0 Å². The molecule has 36 heavy (non-hydrogen) atoms. The molecule has 2 heterocycles. The van der Waals surface area contributed by atoms with Crippen LogP contribution < -0.4 is 4.74 Å². The number of benzene rings is 2. The minimum atomic E-state index is -1.26. The molecule has 0 unspecified atom stereocenters. The van der Waals surface area contributed by atoms with Gasteiger partial charge in [0, 0.05) is 50.7 Å². The van der Waals surface area contributed by atoms with Crippen LogP contribution in [-0.4, -0.2) is 64.8 Å². The molecule has 1 aliphatic heterocycles. The summed E-state index contributed by atoms with van der Waals surface area (Å²) in [6.45, 7) is 6.33. The van der Waals surface area contributed by atoms with E-state index in [0.29, 0.717) is 40.9 Å². The zero-order chi connectivity index (χ0) is 25.7. The summed E-state index contributed by atoms with van der Waals surface area (Å²) in [7, 11) is 1.56. The number of ether oxygens (including phenoxy) is 3. The Labute approximate surface area is 214 Å². The van der Waals surface area contributed by atoms with Gasteiger partial charge < -0.3 is 23.8 Å². The van der Waals surface area contributed by atoms with Gasteiger partial charge in [-0.3, -0.25) is 4.90 Å². The number of methoxy groups -OCH3 is 1. The normalized spacial score (nSPS) is 15.7. The number of rotatable bonds is 9. The van der Waals surface area contributed by atoms with Crippen molar-refractivity contribution in [3.8, 4) is 28.6 Å². The SMILES string of the molecule is COCC1(OC(=O)O)CCN(Cc2ccc(-c3noc(-c4ccc(OC(C)C)c(Cl)c4)n3)cc2)CC1. The fourth-order valence-electron chi connectivity index (χ4n) is 4.30. The number of hydrogen-bond acceptors (Lipinski definition) is 8. The van der Waals surface area contributed by atoms with E-state index in [9.17, 15) is 4.79 Å². The first-order valence-corrected chi connectivity index (χ1v) is 12.2. The molecule has 1 fully saturated rings. The van der Waals surface area contributed by atoms with E-state index < -0.39 is 11.8 Å². The van der Waals surface area contributed by atoms with Crippen LogP contribution in [0.4, 0.5) is 4.79 Å². The van der Waals surface area contributed by atoms with Crippen molar-refractivity contribution in [1.82, 2.24) is 15.0 Å². The largest absolute Gasteiger partial charge is 0.506 e. The lowest BCUT2D eigenvalue weighted by molar-refractivity contribution is -0.0937. The highest BCUT2D eigenvalue weighted by Gasteiger charge is 2.38. The van der Waals surface area contributed by atoms with Gasteiger partial charge in [0.25, 0.3) is 5.89 Å². The minimum absolute atomic E-state index is 0.0244. The van der Waals surface area contributed by atoms with Crippen molar-refractivity contribution in [2.75, 3.05) is 26.8 Å². The van der Waals surface area contributed by atoms with Crippen LogP contribution in [0.15, 0.2) is 47.0 Å². The van der Waals surface area contributed by atoms with E-state index in [2.05, 4.69) is 15.0 Å². The summed E-state index contributed by atoms with van der Waals surface area (Å²) in [5.41, 5.74) is 1.91. The number of carbonyl (C=O) groups is 1. The van der Waals surface area contributed by atoms with Crippen LogP contribution in [0.5, 0.6) is 5.75 Å². The molecule has 4 rings (SSSR count). The second kappa shape index (κ2) is 11.3. The molecule has 0 spiro atoms. The van der Waals surface area contributed by atoms with Crippen molar-refractivity contribution < 1.29 is 28.6 Å². The molecule has 0 atom stereocenters. The van der Waals surface area contributed by atoms with E-state index in [1.54, 1.807) is 19.2 Å². The van der Waals surface area contributed by atoms with E-state index in [1.165, 1.54) is 0 Å². The molecule has 0 saturated carbocycles. The van der Waals surface area contributed by atoms with Gasteiger partial charge in [0.15, 0.2) is 0 Å². The molecule has 192 valence electrons. The van der Waals surface area contributed by atoms with Gasteiger partial charge in [-0.25, -0.2) is 4.79 Å². The van der Waals surface area contributed by atoms with Crippen LogP contribution in [0.2, 0.25) is 5.02 Å². The third-order valence-corrected chi connectivity index (χ3v) is 6.36. The minimum Gasteiger partial charge on any atom is -0.489 e. The Morgan fingerprint density at radius 1 is 1.17 bits per heavy atom. The number of hydrogen-bond donors (Lipinski definition) is 1. The smallest absolute Gasteiger partial charge is 0.489 e. The van der Waals surface area contributed by atoms with Gasteiger partial charge in [-0.05, 0) is 37.6 Å². The molecule has 0 radical (unpaired) electrons. The molecular weight excluding hydrogens is 486 g/mol. The number of aromatic nitrogens is 2. The van der Waals surface area contributed by atoms with Gasteiger partial charge in [0.1, 0.15) is 11.4 Å². The summed E-state index contributed by atoms with van der Waals surface area (Å²) < 4.78 is 21.5. The second-order valence-electron chi connectivity index (χ2n) is 9.19. The second-order valence-corrected chi connectivity index (χ2v) is 9.60. The first-order valence-electron chi connectivity index (χ1n) is 11.8. The fourth-order valence-corrected chi connectivity index (χ4v) is 4.53. The van der Waals surface area contributed by atoms with Crippen molar-refractivity contribution >= 4 is 17.8 Å². The van der Waals surface area contributed by atoms with Crippen LogP contribution in [0, 0.1) is 0 Å². The van der Waals surface area contributed by atoms with Crippen molar-refractivity contribution in [2.24, 2.45) is 0 Å². The monoisotopic (exact) mass is 515 g/mol. The quantitative estimate of drug-likeness (QED) is 0.368. The summed E-state index contributed by atoms with van der Waals surface area (Å²) in [5.74, 6) is 1.48. The van der Waals surface area contributed by atoms with Gasteiger partial charge in [-0.1, -0.05) is 41.0 Å². The Morgan fingerprint density at radius 3 is 2.47 bits per heavy atom. The lowest BCUT2D eigenvalue weighted by atomic mass is 9.91. The number of carboxylic acid groups (broad SMARTS) is 1. The predicted octanol–water partition coefficient (Wildman–Crippen LogP) is 5.52. The average molecular weight is 516 g/mol. The molecule has 1 N–H and O–H groups in total. The maximum absolute atomic E-state index is 11.1. The molecule has 1 aliphatic rings. The molecule has 10 heteroatoms. The summed E-state index contributed by atoms with van der Waals surface area (Å²) >= 11 is 6.34. The van der Waals surface area contributed by atoms with Crippen LogP contribution in [-0.2, 0) is 16.0 Å². The Kier molecular flexibility index (Phi) is 8.13. The standard InChI is InChI=1S/C26H30ClN3O6/c1-17(2)34-22-9-8-20(14-21(22)27)24-28-23(29-36-24)19-6-4-18(5-7-19)15-30-12-10-26(11-13-30,16-33-3)35-25(31)32/h4-9,14,17H,10-13,15-16H2,1-3H3,(H,31,32). The van der Waals surface area contributed by atoms with Gasteiger partial charge >= 0.3 is 6.16 Å². The van der Waals surface area contributed by atoms with E-state index in [4.69, 9.17) is 35.4 Å². The number of halogens is 1. The number of piperidine rings is 1. The van der Waals surface area contributed by atoms with Gasteiger partial charge in [0.2, 0.25) is 5.82 Å². The molecule has 0 aliphatic carbocycles. The van der Waals surface area contributed by atoms with Gasteiger partial charge in [0.05, 0.1) is 17.7 Å². The van der Waals surface area contributed by atoms with Gasteiger partial charge in [-0.15, -0.1) is 0 Å². The predicted molar refractivity (Wildman–Crippen MR) is 134 cm³/mol. The van der Waals surface area contributed by atoms with Crippen LogP contribution >= 0.6 is 11.6 Å². The fraction of sp³-hybridized carbons (Fsp3) is 0.423. The summed E-state index contributed by atoms with van der Waals surface area (Å²) in [6.07, 6.45) is -0.0611. The van der Waals surface area contributed by atoms with E-state index in [1.807, 2.05) is 44.2 Å². The Balaban J connectivity index is 1.37. The average Bonchev–Trinajstić information content (AvgIpc) is 3.32. The Morgan fingerprint density at radius 2 is 1.86 bits per heavy atom. The molecular formula is C26H30ClN3O6. The highest BCUT2D eigenvalue weighted by molar-refractivity contribution is 6.32. The molecule has 1 aromatic heterocycles. The van der Waals surface area contributed by atoms with E-state index in [-0.39, 0.29) is 12.7 Å². The van der Waals surface area contributed by atoms with Crippen LogP contribution in [0.1, 0.15) is 32.3 Å². The van der Waals surface area contributed by atoms with Crippen molar-refractivity contribution in [3.05, 3.63) is 53.1 Å². The van der Waals surface area contributed by atoms with E-state index >= 15 is 0 Å². The molecule has 3 aromatic rings. The molecule has 1 saturated heterocycles. The summed E-state index contributed by atoms with van der Waals surface area (Å²) in [4.78, 5) is 17.9. The maximum Gasteiger partial charge on any atom is 0.506 e. The summed E-state index contributed by atoms with van der Waals surface area (Å²) in [6, 6.07) is 13.4. The Bertz CT molecular complexity index is 1170. The zero-order valence-electron chi connectivity index (χ0n) is 20.6. The molecule has 2 aromatic carbocycles. The van der Waals surface area contributed by atoms with E-state index in [0.717, 1.165) is 30.8 Å². The molecule has 9 nitrogen and oxygen atoms in total. The van der Waals surface area contributed by atoms with Crippen molar-refractivity contribution in [2.45, 2.75) is 44.9 Å². The first kappa shape index (κ1) is 25.9. The van der Waals surface area contributed by atoms with Crippen LogP contribution in [0.3, 0.4) is 0 Å². The first-order chi connectivity index (χ1) is 17.3. The van der Waals surface area contributed by atoms with Crippen molar-refractivity contribution in [1.29, 1.82) is 0 Å².